The largest absolute Gasteiger partial charge is 0.491 e. The molecule has 0 radical (unpaired) electrons. The van der Waals surface area contributed by atoms with E-state index in [1.807, 2.05) is 48.5 Å². The molecule has 11 heteroatoms. The number of nitrogens with two attached hydrogens (primary N) is 1. The van der Waals surface area contributed by atoms with Gasteiger partial charge in [0.2, 0.25) is 5.82 Å². The first-order valence-corrected chi connectivity index (χ1v) is 14.6. The van der Waals surface area contributed by atoms with Crippen LogP contribution in [0.2, 0.25) is 0 Å². The molecule has 3 aromatic heterocycles. The fourth-order valence-electron chi connectivity index (χ4n) is 5.85. The number of hydrogen-bond donors (Lipinski definition) is 1. The Morgan fingerprint density at radius 1 is 1.09 bits per heavy atom. The third-order valence-corrected chi connectivity index (χ3v) is 8.16. The Kier molecular flexibility index (Phi) is 7.21. The molecule has 2 saturated heterocycles. The van der Waals surface area contributed by atoms with Crippen LogP contribution in [0.25, 0.3) is 16.6 Å². The summed E-state index contributed by atoms with van der Waals surface area (Å²) < 4.78 is 26.9. The van der Waals surface area contributed by atoms with Gasteiger partial charge in [-0.3, -0.25) is 14.5 Å². The maximum absolute atomic E-state index is 13.2. The topological polar surface area (TPSA) is 123 Å². The quantitative estimate of drug-likeness (QED) is 0.287. The van der Waals surface area contributed by atoms with Crippen LogP contribution < -0.4 is 20.3 Å². The molecule has 5 heterocycles. The van der Waals surface area contributed by atoms with Crippen molar-refractivity contribution in [3.05, 3.63) is 101 Å². The Balaban J connectivity index is 1.01. The number of rotatable bonds is 8. The van der Waals surface area contributed by atoms with Gasteiger partial charge in [-0.2, -0.15) is 0 Å². The second-order valence-electron chi connectivity index (χ2n) is 11.1. The molecule has 1 spiro atoms. The van der Waals surface area contributed by atoms with Crippen LogP contribution in [0, 0.1) is 6.92 Å². The van der Waals surface area contributed by atoms with Crippen LogP contribution in [0.3, 0.4) is 0 Å². The maximum atomic E-state index is 13.2. The second-order valence-corrected chi connectivity index (χ2v) is 11.1. The first-order chi connectivity index (χ1) is 21.4. The van der Waals surface area contributed by atoms with Crippen LogP contribution in [0.4, 0.5) is 5.82 Å². The van der Waals surface area contributed by atoms with Gasteiger partial charge >= 0.3 is 5.91 Å². The molecule has 2 atom stereocenters. The van der Waals surface area contributed by atoms with Gasteiger partial charge in [0.15, 0.2) is 11.4 Å². The van der Waals surface area contributed by atoms with E-state index in [2.05, 4.69) is 9.97 Å². The van der Waals surface area contributed by atoms with E-state index < -0.39 is 5.91 Å². The van der Waals surface area contributed by atoms with Crippen molar-refractivity contribution in [2.45, 2.75) is 38.1 Å². The number of ether oxygens (including phenoxy) is 4. The molecule has 1 amide bonds. The smallest absolute Gasteiger partial charge is 0.356 e. The highest BCUT2D eigenvalue weighted by Crippen LogP contribution is 2.42. The second kappa shape index (κ2) is 11.3. The number of benzene rings is 2. The van der Waals surface area contributed by atoms with E-state index in [0.717, 1.165) is 36.8 Å². The number of hydrogen-bond acceptors (Lipinski definition) is 8. The maximum Gasteiger partial charge on any atom is 0.356 e. The summed E-state index contributed by atoms with van der Waals surface area (Å²) in [6.45, 7) is 2.97. The van der Waals surface area contributed by atoms with Crippen molar-refractivity contribution in [2.24, 2.45) is 7.05 Å². The summed E-state index contributed by atoms with van der Waals surface area (Å²) in [5, 5.41) is 2.18. The molecule has 2 unspecified atom stereocenters. The number of nitrogens with zero attached hydrogens (tertiary/aromatic N) is 4. The average molecular weight is 595 g/mol. The van der Waals surface area contributed by atoms with Gasteiger partial charge in [0.1, 0.15) is 30.0 Å². The van der Waals surface area contributed by atoms with Gasteiger partial charge in [-0.15, -0.1) is 0 Å². The molecular formula is C33H32N5O6+. The lowest BCUT2D eigenvalue weighted by molar-refractivity contribution is -0.468. The van der Waals surface area contributed by atoms with Crippen LogP contribution in [0.5, 0.6) is 17.2 Å². The normalized spacial score (nSPS) is 19.3. The zero-order valence-electron chi connectivity index (χ0n) is 24.4. The monoisotopic (exact) mass is 594 g/mol. The van der Waals surface area contributed by atoms with E-state index in [0.29, 0.717) is 41.1 Å². The molecule has 224 valence electrons. The van der Waals surface area contributed by atoms with Gasteiger partial charge in [-0.05, 0) is 49.7 Å². The highest BCUT2D eigenvalue weighted by Gasteiger charge is 2.49. The Hall–Kier alpha value is -4.84. The summed E-state index contributed by atoms with van der Waals surface area (Å²) in [5.74, 6) is 1.44. The first-order valence-electron chi connectivity index (χ1n) is 14.6. The molecule has 2 aliphatic heterocycles. The van der Waals surface area contributed by atoms with Crippen LogP contribution in [-0.2, 0) is 16.5 Å². The van der Waals surface area contributed by atoms with Crippen molar-refractivity contribution in [3.8, 4) is 22.9 Å². The molecule has 0 aliphatic carbocycles. The molecule has 11 nitrogen and oxygen atoms in total. The minimum atomic E-state index is -0.410. The van der Waals surface area contributed by atoms with Gasteiger partial charge in [-0.25, -0.2) is 19.8 Å². The summed E-state index contributed by atoms with van der Waals surface area (Å²) in [4.78, 5) is 35.2. The van der Waals surface area contributed by atoms with E-state index in [1.165, 1.54) is 10.00 Å². The van der Waals surface area contributed by atoms with Gasteiger partial charge < -0.3 is 18.9 Å². The molecule has 2 N–H and O–H groups in total. The summed E-state index contributed by atoms with van der Waals surface area (Å²) in [6.07, 6.45) is 6.10. The van der Waals surface area contributed by atoms with Crippen molar-refractivity contribution in [1.29, 1.82) is 0 Å². The van der Waals surface area contributed by atoms with Crippen molar-refractivity contribution < 1.29 is 29.1 Å². The van der Waals surface area contributed by atoms with Crippen LogP contribution in [-0.4, -0.2) is 50.3 Å². The molecule has 0 saturated carbocycles. The average Bonchev–Trinajstić information content (AvgIpc) is 3.59. The lowest BCUT2D eigenvalue weighted by Crippen LogP contribution is -2.83. The lowest BCUT2D eigenvalue weighted by Gasteiger charge is -2.43. The number of para-hydroxylation sites is 1. The number of fused-ring (bicyclic) bond motifs is 1. The first kappa shape index (κ1) is 28.0. The molecule has 7 rings (SSSR count). The van der Waals surface area contributed by atoms with Crippen LogP contribution >= 0.6 is 0 Å². The van der Waals surface area contributed by atoms with E-state index >= 15 is 0 Å². The number of pyridine rings is 2. The van der Waals surface area contributed by atoms with Crippen molar-refractivity contribution in [1.82, 2.24) is 19.3 Å². The standard InChI is InChI=1S/C33H31N5O6/c1-21-30(32(40)38(37(21)2)22-7-4-3-5-8-22)31(39)36-29-12-10-24(19-35-29)43-28-13-15-34-27-17-23(9-11-26(27)28)41-20-25-18-33(44-25)14-6-16-42-33/h3-5,7-13,15,17,19,25H,6,14,16,18,20H2,1-2H3,(H,35,36,39)/p+1. The minimum Gasteiger partial charge on any atom is -0.491 e. The third-order valence-electron chi connectivity index (χ3n) is 8.16. The Labute approximate surface area is 253 Å². The van der Waals surface area contributed by atoms with Gasteiger partial charge in [0.25, 0.3) is 5.56 Å². The third kappa shape index (κ3) is 5.25. The SMILES string of the molecule is Cc1c(C(=O)[NH2+]c2ccc(Oc3ccnc4cc(OCC5CC6(CCCO6)O5)ccc34)cn2)c(=O)n(-c2ccccc2)n1C. The molecule has 2 fully saturated rings. The summed E-state index contributed by atoms with van der Waals surface area (Å²) in [5.41, 5.74) is 1.72. The fourth-order valence-corrected chi connectivity index (χ4v) is 5.85. The van der Waals surface area contributed by atoms with E-state index in [4.69, 9.17) is 18.9 Å². The molecule has 44 heavy (non-hydrogen) atoms. The van der Waals surface area contributed by atoms with Gasteiger partial charge in [0.05, 0.1) is 29.7 Å². The highest BCUT2D eigenvalue weighted by molar-refractivity contribution is 5.88. The van der Waals surface area contributed by atoms with Gasteiger partial charge in [-0.1, -0.05) is 18.2 Å². The Morgan fingerprint density at radius 2 is 1.91 bits per heavy atom. The zero-order valence-corrected chi connectivity index (χ0v) is 24.4. The number of carbonyl (C=O) groups is 1. The molecule has 5 aromatic rings. The van der Waals surface area contributed by atoms with Crippen molar-refractivity contribution in [2.75, 3.05) is 13.2 Å². The number of carbonyl (C=O) groups excluding carboxylic acids is 1. The molecule has 2 aliphatic rings. The summed E-state index contributed by atoms with van der Waals surface area (Å²) in [6, 6.07) is 20.1. The van der Waals surface area contributed by atoms with Gasteiger partial charge in [0, 0.05) is 43.6 Å². The molecule has 2 aromatic carbocycles. The highest BCUT2D eigenvalue weighted by atomic mass is 16.7. The fraction of sp³-hybridized carbons (Fsp3) is 0.273. The summed E-state index contributed by atoms with van der Waals surface area (Å²) in [7, 11) is 1.76. The minimum absolute atomic E-state index is 0.0270. The van der Waals surface area contributed by atoms with E-state index in [9.17, 15) is 9.59 Å². The summed E-state index contributed by atoms with van der Waals surface area (Å²) >= 11 is 0. The van der Waals surface area contributed by atoms with Crippen LogP contribution in [0.15, 0.2) is 83.9 Å². The van der Waals surface area contributed by atoms with E-state index in [-0.39, 0.29) is 23.0 Å². The predicted molar refractivity (Wildman–Crippen MR) is 161 cm³/mol. The Morgan fingerprint density at radius 3 is 2.66 bits per heavy atom. The van der Waals surface area contributed by atoms with E-state index in [1.54, 1.807) is 49.2 Å². The predicted octanol–water partition coefficient (Wildman–Crippen LogP) is 3.93. The van der Waals surface area contributed by atoms with Crippen molar-refractivity contribution >= 4 is 22.6 Å². The number of aromatic nitrogens is 4. The zero-order chi connectivity index (χ0) is 30.3. The Bertz CT molecular complexity index is 1890. The molecular weight excluding hydrogens is 562 g/mol. The number of amides is 1. The van der Waals surface area contributed by atoms with Crippen molar-refractivity contribution in [3.63, 3.8) is 0 Å². The van der Waals surface area contributed by atoms with Crippen LogP contribution in [0.1, 0.15) is 35.3 Å². The molecule has 0 bridgehead atoms. The number of quaternary nitrogens is 1. The number of primary amides is 1. The lowest BCUT2D eigenvalue weighted by atomic mass is 9.98.